The molecule has 0 radical (unpaired) electrons. The number of rotatable bonds is 2. The molecule has 1 heterocycles. The molecule has 0 fully saturated rings. The van der Waals surface area contributed by atoms with Crippen LogP contribution in [0, 0.1) is 0 Å². The second kappa shape index (κ2) is 3.31. The third-order valence-corrected chi connectivity index (χ3v) is 2.14. The summed E-state index contributed by atoms with van der Waals surface area (Å²) in [6.07, 6.45) is 2.97. The maximum absolute atomic E-state index is 5.82. The molecule has 0 aliphatic heterocycles. The van der Waals surface area contributed by atoms with Crippen molar-refractivity contribution in [3.05, 3.63) is 22.4 Å². The Morgan fingerprint density at radius 3 is 2.60 bits per heavy atom. The largest absolute Gasteiger partial charge is 0.338 e. The van der Waals surface area contributed by atoms with E-state index in [2.05, 4.69) is 6.92 Å². The van der Waals surface area contributed by atoms with Crippen LogP contribution in [-0.2, 0) is 6.54 Å². The highest BCUT2D eigenvalue weighted by atomic mass is 35.5. The summed E-state index contributed by atoms with van der Waals surface area (Å²) in [5, 5.41) is 1.28. The molecular weight excluding hydrogens is 169 g/mol. The zero-order valence-electron chi connectivity index (χ0n) is 5.77. The molecule has 0 bridgehead atoms. The van der Waals surface area contributed by atoms with Crippen molar-refractivity contribution in [3.8, 4) is 0 Å². The Bertz CT molecular complexity index is 217. The van der Waals surface area contributed by atoms with Crippen LogP contribution in [0.25, 0.3) is 0 Å². The van der Waals surface area contributed by atoms with Gasteiger partial charge >= 0.3 is 0 Å². The summed E-state index contributed by atoms with van der Waals surface area (Å²) in [7, 11) is 0. The number of aromatic nitrogens is 1. The minimum atomic E-state index is 0.634. The van der Waals surface area contributed by atoms with Crippen molar-refractivity contribution >= 4 is 23.2 Å². The molecule has 0 saturated heterocycles. The van der Waals surface area contributed by atoms with E-state index in [0.717, 1.165) is 13.0 Å². The van der Waals surface area contributed by atoms with E-state index in [1.165, 1.54) is 0 Å². The number of halogens is 2. The Kier molecular flexibility index (Phi) is 2.64. The maximum Gasteiger partial charge on any atom is 0.127 e. The standard InChI is InChI=1S/C7H9Cl2N/c1-2-4-10-5-3-6(8)7(10)9/h3,5H,2,4H2,1H3. The van der Waals surface area contributed by atoms with Gasteiger partial charge in [0.1, 0.15) is 5.15 Å². The van der Waals surface area contributed by atoms with Gasteiger partial charge < -0.3 is 4.57 Å². The predicted molar refractivity (Wildman–Crippen MR) is 44.7 cm³/mol. The minimum Gasteiger partial charge on any atom is -0.338 e. The lowest BCUT2D eigenvalue weighted by atomic mass is 10.5. The lowest BCUT2D eigenvalue weighted by Gasteiger charge is -1.99. The van der Waals surface area contributed by atoms with Gasteiger partial charge in [-0.15, -0.1) is 0 Å². The van der Waals surface area contributed by atoms with E-state index in [1.807, 2.05) is 10.8 Å². The molecule has 0 aliphatic rings. The predicted octanol–water partition coefficient (Wildman–Crippen LogP) is 3.20. The SMILES string of the molecule is CCCn1ccc(Cl)c1Cl. The van der Waals surface area contributed by atoms with Gasteiger partial charge in [-0.25, -0.2) is 0 Å². The Balaban J connectivity index is 2.83. The summed E-state index contributed by atoms with van der Waals surface area (Å²) in [4.78, 5) is 0. The van der Waals surface area contributed by atoms with Gasteiger partial charge in [0.05, 0.1) is 5.02 Å². The van der Waals surface area contributed by atoms with Crippen LogP contribution in [0.1, 0.15) is 13.3 Å². The molecule has 10 heavy (non-hydrogen) atoms. The molecule has 1 aromatic rings. The smallest absolute Gasteiger partial charge is 0.127 e. The first kappa shape index (κ1) is 7.96. The zero-order valence-corrected chi connectivity index (χ0v) is 7.28. The zero-order chi connectivity index (χ0) is 7.56. The Labute approximate surface area is 70.6 Å². The van der Waals surface area contributed by atoms with E-state index in [9.17, 15) is 0 Å². The molecule has 0 amide bonds. The lowest BCUT2D eigenvalue weighted by Crippen LogP contribution is -1.93. The van der Waals surface area contributed by atoms with Gasteiger partial charge in [-0.2, -0.15) is 0 Å². The van der Waals surface area contributed by atoms with Gasteiger partial charge in [-0.05, 0) is 12.5 Å². The number of aryl methyl sites for hydroxylation is 1. The van der Waals surface area contributed by atoms with Crippen LogP contribution >= 0.6 is 23.2 Å². The molecule has 56 valence electrons. The molecule has 0 N–H and O–H groups in total. The van der Waals surface area contributed by atoms with E-state index < -0.39 is 0 Å². The van der Waals surface area contributed by atoms with Crippen molar-refractivity contribution in [1.82, 2.24) is 4.57 Å². The summed E-state index contributed by atoms with van der Waals surface area (Å²) in [5.41, 5.74) is 0. The molecule has 1 nitrogen and oxygen atoms in total. The summed E-state index contributed by atoms with van der Waals surface area (Å²) in [6, 6.07) is 1.81. The molecule has 3 heteroatoms. The number of nitrogens with zero attached hydrogens (tertiary/aromatic N) is 1. The molecule has 0 atom stereocenters. The van der Waals surface area contributed by atoms with Crippen LogP contribution in [0.3, 0.4) is 0 Å². The highest BCUT2D eigenvalue weighted by molar-refractivity contribution is 6.41. The third-order valence-electron chi connectivity index (χ3n) is 1.31. The Morgan fingerprint density at radius 2 is 2.20 bits per heavy atom. The van der Waals surface area contributed by atoms with Crippen molar-refractivity contribution in [2.45, 2.75) is 19.9 Å². The average molecular weight is 178 g/mol. The van der Waals surface area contributed by atoms with Crippen LogP contribution in [-0.4, -0.2) is 4.57 Å². The molecule has 0 unspecified atom stereocenters. The van der Waals surface area contributed by atoms with E-state index in [1.54, 1.807) is 6.07 Å². The van der Waals surface area contributed by atoms with Gasteiger partial charge in [0, 0.05) is 12.7 Å². The molecule has 0 aromatic carbocycles. The summed E-state index contributed by atoms with van der Waals surface area (Å²) >= 11 is 11.5. The van der Waals surface area contributed by atoms with Crippen molar-refractivity contribution in [3.63, 3.8) is 0 Å². The number of hydrogen-bond acceptors (Lipinski definition) is 0. The first-order valence-corrected chi connectivity index (χ1v) is 4.01. The van der Waals surface area contributed by atoms with Crippen molar-refractivity contribution < 1.29 is 0 Å². The third kappa shape index (κ3) is 1.47. The fraction of sp³-hybridized carbons (Fsp3) is 0.429. The second-order valence-electron chi connectivity index (χ2n) is 2.15. The van der Waals surface area contributed by atoms with Crippen LogP contribution in [0.2, 0.25) is 10.2 Å². The monoisotopic (exact) mass is 177 g/mol. The van der Waals surface area contributed by atoms with Gasteiger partial charge in [0.15, 0.2) is 0 Å². The summed E-state index contributed by atoms with van der Waals surface area (Å²) in [5.74, 6) is 0. The molecule has 1 aromatic heterocycles. The van der Waals surface area contributed by atoms with Crippen LogP contribution in [0.5, 0.6) is 0 Å². The van der Waals surface area contributed by atoms with Gasteiger partial charge in [-0.1, -0.05) is 30.1 Å². The average Bonchev–Trinajstić information content (AvgIpc) is 2.20. The van der Waals surface area contributed by atoms with Crippen LogP contribution < -0.4 is 0 Å². The topological polar surface area (TPSA) is 4.93 Å². The normalized spacial score (nSPS) is 10.3. The van der Waals surface area contributed by atoms with E-state index >= 15 is 0 Å². The van der Waals surface area contributed by atoms with Crippen molar-refractivity contribution in [2.24, 2.45) is 0 Å². The highest BCUT2D eigenvalue weighted by Crippen LogP contribution is 2.22. The highest BCUT2D eigenvalue weighted by Gasteiger charge is 2.01. The van der Waals surface area contributed by atoms with Crippen LogP contribution in [0.15, 0.2) is 12.3 Å². The molecular formula is C7H9Cl2N. The number of hydrogen-bond donors (Lipinski definition) is 0. The van der Waals surface area contributed by atoms with Gasteiger partial charge in [0.2, 0.25) is 0 Å². The van der Waals surface area contributed by atoms with Gasteiger partial charge in [-0.3, -0.25) is 0 Å². The first-order valence-electron chi connectivity index (χ1n) is 3.26. The lowest BCUT2D eigenvalue weighted by molar-refractivity contribution is 0.684. The fourth-order valence-corrected chi connectivity index (χ4v) is 1.21. The summed E-state index contributed by atoms with van der Waals surface area (Å²) in [6.45, 7) is 3.04. The maximum atomic E-state index is 5.82. The molecule has 1 rings (SSSR count). The van der Waals surface area contributed by atoms with E-state index in [-0.39, 0.29) is 0 Å². The Hall–Kier alpha value is -0.140. The quantitative estimate of drug-likeness (QED) is 0.655. The molecule has 0 aliphatic carbocycles. The molecule has 0 spiro atoms. The van der Waals surface area contributed by atoms with Gasteiger partial charge in [0.25, 0.3) is 0 Å². The van der Waals surface area contributed by atoms with Crippen molar-refractivity contribution in [2.75, 3.05) is 0 Å². The van der Waals surface area contributed by atoms with E-state index in [0.29, 0.717) is 10.2 Å². The fourth-order valence-electron chi connectivity index (χ4n) is 0.840. The van der Waals surface area contributed by atoms with E-state index in [4.69, 9.17) is 23.2 Å². The first-order chi connectivity index (χ1) is 4.75. The van der Waals surface area contributed by atoms with Crippen molar-refractivity contribution in [1.29, 1.82) is 0 Å². The Morgan fingerprint density at radius 1 is 1.50 bits per heavy atom. The second-order valence-corrected chi connectivity index (χ2v) is 2.91. The summed E-state index contributed by atoms with van der Waals surface area (Å²) < 4.78 is 1.93. The molecule has 0 saturated carbocycles. The minimum absolute atomic E-state index is 0.634. The van der Waals surface area contributed by atoms with Crippen LogP contribution in [0.4, 0.5) is 0 Å².